The molecule has 9 nitrogen and oxygen atoms in total. The van der Waals surface area contributed by atoms with Gasteiger partial charge in [0.1, 0.15) is 16.7 Å². The minimum atomic E-state index is -1.30. The molecule has 35 heavy (non-hydrogen) atoms. The number of likely N-dealkylation sites (tertiary alicyclic amines) is 1. The van der Waals surface area contributed by atoms with Gasteiger partial charge in [-0.15, -0.1) is 0 Å². The first kappa shape index (κ1) is 28.7. The minimum Gasteiger partial charge on any atom is -0.444 e. The number of piperidine rings is 1. The Labute approximate surface area is 212 Å². The van der Waals surface area contributed by atoms with Gasteiger partial charge in [0.15, 0.2) is 0 Å². The molecule has 0 bridgehead atoms. The standard InChI is InChI=1S/C25H38ClN3O6/c1-23(2,3)34-21(32)28-25(12-14-29(15-13-25)22(33)35-24(4,5)6)20(31)27-19(11-16-30)17-7-9-18(26)10-8-17/h7-10,19,30H,11-16H2,1-6H3,(H,27,31)(H,28,32). The van der Waals surface area contributed by atoms with E-state index in [-0.39, 0.29) is 39.0 Å². The molecule has 0 radical (unpaired) electrons. The second-order valence-electron chi connectivity index (χ2n) is 10.8. The number of rotatable bonds is 6. The number of aliphatic hydroxyl groups is 1. The summed E-state index contributed by atoms with van der Waals surface area (Å²) in [7, 11) is 0. The van der Waals surface area contributed by atoms with E-state index in [1.807, 2.05) is 0 Å². The molecule has 1 unspecified atom stereocenters. The molecule has 1 aliphatic rings. The van der Waals surface area contributed by atoms with Gasteiger partial charge in [0.05, 0.1) is 6.04 Å². The Morgan fingerprint density at radius 3 is 2.06 bits per heavy atom. The summed E-state index contributed by atoms with van der Waals surface area (Å²) in [5.41, 5.74) is -1.92. The zero-order valence-electron chi connectivity index (χ0n) is 21.4. The van der Waals surface area contributed by atoms with E-state index >= 15 is 0 Å². The molecule has 1 aromatic rings. The highest BCUT2D eigenvalue weighted by atomic mass is 35.5. The summed E-state index contributed by atoms with van der Waals surface area (Å²) in [6, 6.07) is 6.48. The van der Waals surface area contributed by atoms with Gasteiger partial charge in [0.25, 0.3) is 0 Å². The van der Waals surface area contributed by atoms with Crippen LogP contribution in [0.2, 0.25) is 5.02 Å². The van der Waals surface area contributed by atoms with Gasteiger partial charge < -0.3 is 30.1 Å². The molecule has 1 saturated heterocycles. The van der Waals surface area contributed by atoms with Crippen LogP contribution >= 0.6 is 11.6 Å². The van der Waals surface area contributed by atoms with E-state index in [4.69, 9.17) is 21.1 Å². The van der Waals surface area contributed by atoms with Crippen LogP contribution in [0, 0.1) is 0 Å². The van der Waals surface area contributed by atoms with Crippen LogP contribution in [0.25, 0.3) is 0 Å². The van der Waals surface area contributed by atoms with Gasteiger partial charge in [-0.1, -0.05) is 23.7 Å². The molecule has 1 aromatic carbocycles. The van der Waals surface area contributed by atoms with Crippen LogP contribution in [0.5, 0.6) is 0 Å². The number of hydrogen-bond donors (Lipinski definition) is 3. The number of halogens is 1. The Balaban J connectivity index is 2.24. The molecule has 1 heterocycles. The third-order valence-electron chi connectivity index (χ3n) is 5.44. The van der Waals surface area contributed by atoms with Crippen molar-refractivity contribution in [1.82, 2.24) is 15.5 Å². The summed E-state index contributed by atoms with van der Waals surface area (Å²) in [4.78, 5) is 40.4. The number of nitrogens with zero attached hydrogens (tertiary/aromatic N) is 1. The number of ether oxygens (including phenoxy) is 2. The predicted molar refractivity (Wildman–Crippen MR) is 133 cm³/mol. The maximum absolute atomic E-state index is 13.6. The number of hydrogen-bond acceptors (Lipinski definition) is 6. The Morgan fingerprint density at radius 2 is 1.57 bits per heavy atom. The number of benzene rings is 1. The summed E-state index contributed by atoms with van der Waals surface area (Å²) in [5, 5.41) is 15.9. The first-order chi connectivity index (χ1) is 16.1. The molecule has 0 saturated carbocycles. The second kappa shape index (κ2) is 11.5. The average molecular weight is 512 g/mol. The van der Waals surface area contributed by atoms with Gasteiger partial charge >= 0.3 is 12.2 Å². The number of alkyl carbamates (subject to hydrolysis) is 1. The fourth-order valence-electron chi connectivity index (χ4n) is 3.75. The topological polar surface area (TPSA) is 117 Å². The first-order valence-electron chi connectivity index (χ1n) is 11.8. The zero-order valence-corrected chi connectivity index (χ0v) is 22.2. The normalized spacial score (nSPS) is 16.7. The molecular weight excluding hydrogens is 474 g/mol. The van der Waals surface area contributed by atoms with Crippen LogP contribution < -0.4 is 10.6 Å². The minimum absolute atomic E-state index is 0.146. The smallest absolute Gasteiger partial charge is 0.410 e. The molecule has 0 aromatic heterocycles. The largest absolute Gasteiger partial charge is 0.444 e. The zero-order chi connectivity index (χ0) is 26.4. The predicted octanol–water partition coefficient (Wildman–Crippen LogP) is 4.17. The summed E-state index contributed by atoms with van der Waals surface area (Å²) < 4.78 is 10.9. The van der Waals surface area contributed by atoms with E-state index in [9.17, 15) is 19.5 Å². The number of aliphatic hydroxyl groups excluding tert-OH is 1. The fraction of sp³-hybridized carbons (Fsp3) is 0.640. The van der Waals surface area contributed by atoms with Crippen molar-refractivity contribution < 1.29 is 29.0 Å². The van der Waals surface area contributed by atoms with Gasteiger partial charge in [0.2, 0.25) is 5.91 Å². The summed E-state index contributed by atoms with van der Waals surface area (Å²) >= 11 is 5.99. The lowest BCUT2D eigenvalue weighted by Gasteiger charge is -2.42. The van der Waals surface area contributed by atoms with E-state index in [1.54, 1.807) is 65.8 Å². The van der Waals surface area contributed by atoms with Crippen molar-refractivity contribution in [1.29, 1.82) is 0 Å². The van der Waals surface area contributed by atoms with Crippen LogP contribution in [0.1, 0.15) is 72.4 Å². The van der Waals surface area contributed by atoms with Crippen LogP contribution in [0.4, 0.5) is 9.59 Å². The van der Waals surface area contributed by atoms with E-state index < -0.39 is 40.9 Å². The van der Waals surface area contributed by atoms with Crippen LogP contribution in [-0.4, -0.2) is 64.5 Å². The lowest BCUT2D eigenvalue weighted by Crippen LogP contribution is -2.64. The highest BCUT2D eigenvalue weighted by Gasteiger charge is 2.45. The van der Waals surface area contributed by atoms with Crippen molar-refractivity contribution in [3.63, 3.8) is 0 Å². The lowest BCUT2D eigenvalue weighted by molar-refractivity contribution is -0.130. The lowest BCUT2D eigenvalue weighted by atomic mass is 9.86. The number of amides is 3. The third-order valence-corrected chi connectivity index (χ3v) is 5.69. The van der Waals surface area contributed by atoms with Crippen molar-refractivity contribution in [2.24, 2.45) is 0 Å². The quantitative estimate of drug-likeness (QED) is 0.527. The van der Waals surface area contributed by atoms with Gasteiger partial charge in [0, 0.05) is 24.7 Å². The Hall–Kier alpha value is -2.52. The van der Waals surface area contributed by atoms with E-state index in [1.165, 1.54) is 4.90 Å². The highest BCUT2D eigenvalue weighted by molar-refractivity contribution is 6.30. The van der Waals surface area contributed by atoms with Gasteiger partial charge in [-0.05, 0) is 78.5 Å². The summed E-state index contributed by atoms with van der Waals surface area (Å²) in [5.74, 6) is -0.416. The molecule has 1 atom stereocenters. The Bertz CT molecular complexity index is 884. The maximum Gasteiger partial charge on any atom is 0.410 e. The van der Waals surface area contributed by atoms with Crippen molar-refractivity contribution in [2.75, 3.05) is 19.7 Å². The number of nitrogens with one attached hydrogen (secondary N) is 2. The summed E-state index contributed by atoms with van der Waals surface area (Å²) in [6.45, 7) is 10.9. The molecule has 2 rings (SSSR count). The number of carbonyl (C=O) groups excluding carboxylic acids is 3. The van der Waals surface area contributed by atoms with E-state index in [0.29, 0.717) is 5.02 Å². The molecule has 0 spiro atoms. The van der Waals surface area contributed by atoms with Gasteiger partial charge in [-0.25, -0.2) is 9.59 Å². The van der Waals surface area contributed by atoms with Gasteiger partial charge in [-0.2, -0.15) is 0 Å². The Morgan fingerprint density at radius 1 is 1.03 bits per heavy atom. The molecule has 196 valence electrons. The fourth-order valence-corrected chi connectivity index (χ4v) is 3.87. The molecule has 1 aliphatic heterocycles. The monoisotopic (exact) mass is 511 g/mol. The van der Waals surface area contributed by atoms with Crippen molar-refractivity contribution in [2.45, 2.75) is 83.6 Å². The molecule has 0 aliphatic carbocycles. The SMILES string of the molecule is CC(C)(C)OC(=O)NC1(C(=O)NC(CCO)c2ccc(Cl)cc2)CCN(C(=O)OC(C)(C)C)CC1. The maximum atomic E-state index is 13.6. The van der Waals surface area contributed by atoms with Crippen molar-refractivity contribution in [3.05, 3.63) is 34.9 Å². The molecule has 3 N–H and O–H groups in total. The highest BCUT2D eigenvalue weighted by Crippen LogP contribution is 2.27. The first-order valence-corrected chi connectivity index (χ1v) is 12.2. The average Bonchev–Trinajstić information content (AvgIpc) is 2.71. The Kier molecular flexibility index (Phi) is 9.42. The molecule has 10 heteroatoms. The number of carbonyl (C=O) groups is 3. The van der Waals surface area contributed by atoms with Crippen LogP contribution in [0.15, 0.2) is 24.3 Å². The van der Waals surface area contributed by atoms with Crippen LogP contribution in [-0.2, 0) is 14.3 Å². The molecular formula is C25H38ClN3O6. The molecule has 3 amide bonds. The van der Waals surface area contributed by atoms with Crippen LogP contribution in [0.3, 0.4) is 0 Å². The second-order valence-corrected chi connectivity index (χ2v) is 11.2. The third kappa shape index (κ3) is 8.89. The summed E-state index contributed by atoms with van der Waals surface area (Å²) in [6.07, 6.45) is -0.570. The molecule has 1 fully saturated rings. The van der Waals surface area contributed by atoms with E-state index in [2.05, 4.69) is 10.6 Å². The van der Waals surface area contributed by atoms with Crippen molar-refractivity contribution in [3.8, 4) is 0 Å². The van der Waals surface area contributed by atoms with E-state index in [0.717, 1.165) is 5.56 Å². The van der Waals surface area contributed by atoms with Gasteiger partial charge in [-0.3, -0.25) is 4.79 Å². The van der Waals surface area contributed by atoms with Crippen molar-refractivity contribution >= 4 is 29.7 Å².